The molecule has 0 radical (unpaired) electrons. The fourth-order valence-corrected chi connectivity index (χ4v) is 5.12. The largest absolute Gasteiger partial charge is 0.481 e. The lowest BCUT2D eigenvalue weighted by Crippen LogP contribution is -2.35. The van der Waals surface area contributed by atoms with Gasteiger partial charge >= 0.3 is 5.97 Å². The Hall–Kier alpha value is -2.28. The van der Waals surface area contributed by atoms with E-state index in [2.05, 4.69) is 39.6 Å². The smallest absolute Gasteiger partial charge is 0.308 e. The van der Waals surface area contributed by atoms with Gasteiger partial charge in [0.25, 0.3) is 0 Å². The minimum Gasteiger partial charge on any atom is -0.481 e. The van der Waals surface area contributed by atoms with E-state index in [1.54, 1.807) is 0 Å². The number of benzene rings is 1. The van der Waals surface area contributed by atoms with E-state index in [-0.39, 0.29) is 24.7 Å². The molecule has 1 aromatic rings. The van der Waals surface area contributed by atoms with Gasteiger partial charge in [0.1, 0.15) is 0 Å². The van der Waals surface area contributed by atoms with E-state index in [0.29, 0.717) is 5.92 Å². The summed E-state index contributed by atoms with van der Waals surface area (Å²) >= 11 is 0. The van der Waals surface area contributed by atoms with Gasteiger partial charge in [-0.05, 0) is 49.9 Å². The highest BCUT2D eigenvalue weighted by atomic mass is 16.7. The molecule has 7 nitrogen and oxygen atoms in total. The molecule has 0 aromatic heterocycles. The normalized spacial score (nSPS) is 21.0. The van der Waals surface area contributed by atoms with Gasteiger partial charge in [-0.15, -0.1) is 0 Å². The van der Waals surface area contributed by atoms with Crippen molar-refractivity contribution in [3.63, 3.8) is 0 Å². The number of carboxylic acid groups (broad SMARTS) is 1. The van der Waals surface area contributed by atoms with Crippen LogP contribution in [0, 0.1) is 11.8 Å². The van der Waals surface area contributed by atoms with E-state index in [0.717, 1.165) is 88.1 Å². The molecule has 2 heterocycles. The van der Waals surface area contributed by atoms with Crippen molar-refractivity contribution in [3.8, 4) is 11.5 Å². The second-order valence-corrected chi connectivity index (χ2v) is 9.86. The summed E-state index contributed by atoms with van der Waals surface area (Å²) in [6, 6.07) is 5.92. The van der Waals surface area contributed by atoms with E-state index >= 15 is 0 Å². The number of amides is 1. The van der Waals surface area contributed by atoms with Crippen molar-refractivity contribution in [3.05, 3.63) is 23.8 Å². The number of rotatable bonds is 13. The summed E-state index contributed by atoms with van der Waals surface area (Å²) in [7, 11) is 2.05. The summed E-state index contributed by atoms with van der Waals surface area (Å²) in [5, 5.41) is 9.90. The quantitative estimate of drug-likeness (QED) is 0.374. The van der Waals surface area contributed by atoms with Crippen molar-refractivity contribution in [2.45, 2.75) is 84.6 Å². The van der Waals surface area contributed by atoms with Crippen LogP contribution in [0.3, 0.4) is 0 Å². The molecule has 2 aliphatic rings. The van der Waals surface area contributed by atoms with E-state index in [4.69, 9.17) is 9.47 Å². The van der Waals surface area contributed by atoms with Gasteiger partial charge in [-0.1, -0.05) is 59.4 Å². The van der Waals surface area contributed by atoms with Crippen LogP contribution in [0.4, 0.5) is 0 Å². The lowest BCUT2D eigenvalue weighted by Gasteiger charge is -2.27. The van der Waals surface area contributed by atoms with Crippen LogP contribution in [0.15, 0.2) is 18.2 Å². The fourth-order valence-electron chi connectivity index (χ4n) is 5.12. The predicted octanol–water partition coefficient (Wildman–Crippen LogP) is 5.39. The number of carbonyl (C=O) groups excluding carboxylic acids is 1. The third-order valence-electron chi connectivity index (χ3n) is 7.49. The zero-order chi connectivity index (χ0) is 25.8. The van der Waals surface area contributed by atoms with E-state index in [9.17, 15) is 14.7 Å². The highest BCUT2D eigenvalue weighted by Gasteiger charge is 2.45. The molecule has 1 amide bonds. The molecule has 1 aromatic carbocycles. The first-order valence-corrected chi connectivity index (χ1v) is 13.4. The minimum absolute atomic E-state index is 0.0126. The summed E-state index contributed by atoms with van der Waals surface area (Å²) in [4.78, 5) is 26.6. The van der Waals surface area contributed by atoms with Crippen LogP contribution >= 0.6 is 0 Å². The van der Waals surface area contributed by atoms with Crippen molar-refractivity contribution >= 4 is 12.4 Å². The number of ether oxygens (including phenoxy) is 2. The topological polar surface area (TPSA) is 79.3 Å². The van der Waals surface area contributed by atoms with E-state index in [1.807, 2.05) is 23.1 Å². The van der Waals surface area contributed by atoms with Crippen LogP contribution < -0.4 is 9.47 Å². The maximum absolute atomic E-state index is 12.1. The number of hydrogen-bond donors (Lipinski definition) is 1. The number of carboxylic acids is 1. The van der Waals surface area contributed by atoms with Crippen molar-refractivity contribution < 1.29 is 24.2 Å². The highest BCUT2D eigenvalue weighted by Crippen LogP contribution is 2.43. The molecule has 3 atom stereocenters. The van der Waals surface area contributed by atoms with E-state index < -0.39 is 5.97 Å². The number of carbonyl (C=O) groups is 2. The summed E-state index contributed by atoms with van der Waals surface area (Å²) in [6.45, 7) is 11.5. The minimum atomic E-state index is -0.696. The zero-order valence-electron chi connectivity index (χ0n) is 22.4. The first-order valence-electron chi connectivity index (χ1n) is 13.4. The number of hydrogen-bond acceptors (Lipinski definition) is 5. The Bertz CT molecular complexity index is 775. The monoisotopic (exact) mass is 490 g/mol. The molecule has 0 aliphatic carbocycles. The third kappa shape index (κ3) is 8.13. The molecule has 198 valence electrons. The van der Waals surface area contributed by atoms with Gasteiger partial charge in [-0.2, -0.15) is 0 Å². The average molecular weight is 491 g/mol. The van der Waals surface area contributed by atoms with E-state index in [1.165, 1.54) is 0 Å². The lowest BCUT2D eigenvalue weighted by molar-refractivity contribution is -0.143. The SMILES string of the molecule is CCC(CC)CC1C(C(=O)O)C(c2ccc3c(c2)OCO3)CN1C.CCCCN(C=O)CCCC. The van der Waals surface area contributed by atoms with Crippen LogP contribution in [0.1, 0.15) is 84.1 Å². The average Bonchev–Trinajstić information content (AvgIpc) is 3.46. The summed E-state index contributed by atoms with van der Waals surface area (Å²) in [5.74, 6) is 0.957. The van der Waals surface area contributed by atoms with Crippen molar-refractivity contribution in [1.82, 2.24) is 9.80 Å². The van der Waals surface area contributed by atoms with Crippen LogP contribution in [-0.4, -0.2) is 66.8 Å². The van der Waals surface area contributed by atoms with Gasteiger partial charge in [-0.25, -0.2) is 0 Å². The second kappa shape index (κ2) is 15.0. The van der Waals surface area contributed by atoms with Gasteiger partial charge in [0.15, 0.2) is 11.5 Å². The molecule has 0 spiro atoms. The maximum atomic E-state index is 12.1. The van der Waals surface area contributed by atoms with Crippen molar-refractivity contribution in [2.75, 3.05) is 33.5 Å². The number of aliphatic carboxylic acids is 1. The number of likely N-dealkylation sites (N-methyl/N-ethyl adjacent to an activating group) is 1. The summed E-state index contributed by atoms with van der Waals surface area (Å²) < 4.78 is 10.8. The summed E-state index contributed by atoms with van der Waals surface area (Å²) in [6.07, 6.45) is 8.69. The molecule has 35 heavy (non-hydrogen) atoms. The Morgan fingerprint density at radius 2 is 1.74 bits per heavy atom. The predicted molar refractivity (Wildman–Crippen MR) is 139 cm³/mol. The molecule has 7 heteroatoms. The fraction of sp³-hybridized carbons (Fsp3) is 0.714. The Balaban J connectivity index is 0.000000334. The van der Waals surface area contributed by atoms with Gasteiger partial charge in [0, 0.05) is 31.6 Å². The van der Waals surface area contributed by atoms with Gasteiger partial charge in [0.05, 0.1) is 5.92 Å². The number of likely N-dealkylation sites (tertiary alicyclic amines) is 1. The van der Waals surface area contributed by atoms with Crippen LogP contribution in [0.25, 0.3) is 0 Å². The zero-order valence-corrected chi connectivity index (χ0v) is 22.4. The molecule has 0 saturated carbocycles. The molecular weight excluding hydrogens is 444 g/mol. The Morgan fingerprint density at radius 3 is 2.29 bits per heavy atom. The van der Waals surface area contributed by atoms with Gasteiger partial charge in [0.2, 0.25) is 13.2 Å². The second-order valence-electron chi connectivity index (χ2n) is 9.86. The lowest BCUT2D eigenvalue weighted by atomic mass is 9.81. The van der Waals surface area contributed by atoms with Gasteiger partial charge in [-0.3, -0.25) is 9.59 Å². The first kappa shape index (κ1) is 29.0. The molecule has 1 fully saturated rings. The summed E-state index contributed by atoms with van der Waals surface area (Å²) in [5.41, 5.74) is 1.03. The molecule has 3 rings (SSSR count). The Labute approximate surface area is 211 Å². The van der Waals surface area contributed by atoms with Crippen LogP contribution in [0.2, 0.25) is 0 Å². The van der Waals surface area contributed by atoms with Gasteiger partial charge < -0.3 is 24.4 Å². The van der Waals surface area contributed by atoms with Crippen molar-refractivity contribution in [2.24, 2.45) is 11.8 Å². The van der Waals surface area contributed by atoms with Crippen LogP contribution in [0.5, 0.6) is 11.5 Å². The standard InChI is InChI=1S/C19H27NO4.C9H19NO/c1-4-12(5-2)8-15-18(19(21)22)14(10-20(15)3)13-6-7-16-17(9-13)24-11-23-16;1-3-5-7-10(9-11)8-6-4-2/h6-7,9,12,14-15,18H,4-5,8,10-11H2,1-3H3,(H,21,22);9H,3-8H2,1-2H3. The maximum Gasteiger partial charge on any atom is 0.308 e. The number of fused-ring (bicyclic) bond motifs is 1. The molecule has 0 bridgehead atoms. The molecule has 3 unspecified atom stereocenters. The van der Waals surface area contributed by atoms with Crippen molar-refractivity contribution in [1.29, 1.82) is 0 Å². The molecule has 2 aliphatic heterocycles. The van der Waals surface area contributed by atoms with Crippen LogP contribution in [-0.2, 0) is 9.59 Å². The Morgan fingerprint density at radius 1 is 1.11 bits per heavy atom. The number of unbranched alkanes of at least 4 members (excludes halogenated alkanes) is 2. The Kier molecular flexibility index (Phi) is 12.4. The number of nitrogens with zero attached hydrogens (tertiary/aromatic N) is 2. The third-order valence-corrected chi connectivity index (χ3v) is 7.49. The molecular formula is C28H46N2O5. The molecule has 1 saturated heterocycles. The first-order chi connectivity index (χ1) is 16.9. The highest BCUT2D eigenvalue weighted by molar-refractivity contribution is 5.73. The molecule has 1 N–H and O–H groups in total.